The number of benzene rings is 1. The molecule has 1 heterocycles. The lowest BCUT2D eigenvalue weighted by atomic mass is 9.99. The highest BCUT2D eigenvalue weighted by atomic mass is 15.2. The summed E-state index contributed by atoms with van der Waals surface area (Å²) in [5.74, 6) is 0.616. The van der Waals surface area contributed by atoms with E-state index in [9.17, 15) is 0 Å². The van der Waals surface area contributed by atoms with E-state index in [1.54, 1.807) is 0 Å². The van der Waals surface area contributed by atoms with E-state index in [1.165, 1.54) is 30.5 Å². The van der Waals surface area contributed by atoms with E-state index in [-0.39, 0.29) is 0 Å². The normalized spacial score (nSPS) is 21.3. The van der Waals surface area contributed by atoms with Crippen LogP contribution in [0.1, 0.15) is 56.7 Å². The molecular weight excluding hydrogens is 232 g/mol. The molecule has 1 N–H and O–H groups in total. The second-order valence-corrected chi connectivity index (χ2v) is 6.23. The van der Waals surface area contributed by atoms with Gasteiger partial charge in [0.1, 0.15) is 0 Å². The first kappa shape index (κ1) is 14.5. The number of hydrogen-bond donors (Lipinski definition) is 1. The minimum absolute atomic E-state index is 0.489. The van der Waals surface area contributed by atoms with Crippen LogP contribution in [0.2, 0.25) is 0 Å². The van der Waals surface area contributed by atoms with Crippen LogP contribution in [0.4, 0.5) is 0 Å². The fourth-order valence-corrected chi connectivity index (χ4v) is 2.83. The summed E-state index contributed by atoms with van der Waals surface area (Å²) in [6.45, 7) is 9.13. The zero-order chi connectivity index (χ0) is 13.8. The Morgan fingerprint density at radius 3 is 2.32 bits per heavy atom. The van der Waals surface area contributed by atoms with Crippen LogP contribution >= 0.6 is 0 Å². The molecule has 1 aliphatic heterocycles. The fourth-order valence-electron chi connectivity index (χ4n) is 2.83. The van der Waals surface area contributed by atoms with Crippen LogP contribution < -0.4 is 5.32 Å². The molecule has 1 aliphatic rings. The monoisotopic (exact) mass is 260 g/mol. The van der Waals surface area contributed by atoms with Crippen molar-refractivity contribution in [1.82, 2.24) is 10.2 Å². The topological polar surface area (TPSA) is 15.3 Å². The van der Waals surface area contributed by atoms with E-state index < -0.39 is 0 Å². The molecule has 0 saturated carbocycles. The third-order valence-corrected chi connectivity index (χ3v) is 4.42. The number of likely N-dealkylation sites (N-methyl/N-ethyl adjacent to an activating group) is 1. The highest BCUT2D eigenvalue weighted by Gasteiger charge is 2.19. The van der Waals surface area contributed by atoms with Gasteiger partial charge in [-0.15, -0.1) is 0 Å². The van der Waals surface area contributed by atoms with E-state index in [2.05, 4.69) is 62.3 Å². The van der Waals surface area contributed by atoms with Gasteiger partial charge in [-0.3, -0.25) is 4.90 Å². The van der Waals surface area contributed by atoms with Crippen molar-refractivity contribution >= 4 is 0 Å². The maximum atomic E-state index is 3.58. The van der Waals surface area contributed by atoms with E-state index in [4.69, 9.17) is 0 Å². The molecule has 0 radical (unpaired) electrons. The second kappa shape index (κ2) is 6.53. The lowest BCUT2D eigenvalue weighted by Gasteiger charge is -2.28. The smallest absolute Gasteiger partial charge is 0.0317 e. The van der Waals surface area contributed by atoms with Crippen LogP contribution in [0.3, 0.4) is 0 Å². The predicted octanol–water partition coefficient (Wildman–Crippen LogP) is 3.55. The molecule has 1 fully saturated rings. The van der Waals surface area contributed by atoms with E-state index in [0.717, 1.165) is 6.54 Å². The van der Waals surface area contributed by atoms with Gasteiger partial charge in [-0.05, 0) is 50.4 Å². The molecule has 2 atom stereocenters. The van der Waals surface area contributed by atoms with Gasteiger partial charge in [0.05, 0.1) is 0 Å². The van der Waals surface area contributed by atoms with Crippen molar-refractivity contribution in [3.05, 3.63) is 35.4 Å². The van der Waals surface area contributed by atoms with Crippen molar-refractivity contribution in [2.45, 2.75) is 51.6 Å². The minimum atomic E-state index is 0.489. The van der Waals surface area contributed by atoms with Crippen LogP contribution in [0.5, 0.6) is 0 Å². The maximum absolute atomic E-state index is 3.58. The summed E-state index contributed by atoms with van der Waals surface area (Å²) in [5, 5.41) is 3.58. The molecule has 0 aromatic heterocycles. The largest absolute Gasteiger partial charge is 0.313 e. The molecular formula is C17H28N2. The maximum Gasteiger partial charge on any atom is 0.0317 e. The quantitative estimate of drug-likeness (QED) is 0.871. The molecule has 2 nitrogen and oxygen atoms in total. The average molecular weight is 260 g/mol. The lowest BCUT2D eigenvalue weighted by molar-refractivity contribution is 0.238. The van der Waals surface area contributed by atoms with Gasteiger partial charge >= 0.3 is 0 Å². The van der Waals surface area contributed by atoms with Gasteiger partial charge in [0.2, 0.25) is 0 Å². The van der Waals surface area contributed by atoms with Crippen molar-refractivity contribution in [2.75, 3.05) is 20.1 Å². The Hall–Kier alpha value is -0.860. The van der Waals surface area contributed by atoms with Gasteiger partial charge in [-0.1, -0.05) is 38.1 Å². The Kier molecular flexibility index (Phi) is 5.00. The molecule has 0 amide bonds. The summed E-state index contributed by atoms with van der Waals surface area (Å²) in [6, 6.07) is 10.3. The minimum Gasteiger partial charge on any atom is -0.313 e. The average Bonchev–Trinajstić information content (AvgIpc) is 2.90. The Morgan fingerprint density at radius 1 is 1.16 bits per heavy atom. The van der Waals surface area contributed by atoms with E-state index >= 15 is 0 Å². The van der Waals surface area contributed by atoms with Gasteiger partial charge in [-0.25, -0.2) is 0 Å². The molecule has 0 aliphatic carbocycles. The fraction of sp³-hybridized carbons (Fsp3) is 0.647. The summed E-state index contributed by atoms with van der Waals surface area (Å²) >= 11 is 0. The Balaban J connectivity index is 1.95. The van der Waals surface area contributed by atoms with Crippen molar-refractivity contribution in [1.29, 1.82) is 0 Å². The summed E-state index contributed by atoms with van der Waals surface area (Å²) < 4.78 is 0. The zero-order valence-corrected chi connectivity index (χ0v) is 12.8. The Bertz CT molecular complexity index is 377. The molecule has 2 rings (SSSR count). The summed E-state index contributed by atoms with van der Waals surface area (Å²) in [4.78, 5) is 2.47. The van der Waals surface area contributed by atoms with Gasteiger partial charge < -0.3 is 5.32 Å². The van der Waals surface area contributed by atoms with Gasteiger partial charge in [-0.2, -0.15) is 0 Å². The van der Waals surface area contributed by atoms with Crippen molar-refractivity contribution in [3.63, 3.8) is 0 Å². The van der Waals surface area contributed by atoms with Gasteiger partial charge in [0, 0.05) is 18.6 Å². The molecule has 1 saturated heterocycles. The molecule has 2 unspecified atom stereocenters. The molecule has 106 valence electrons. The van der Waals surface area contributed by atoms with Gasteiger partial charge in [0.25, 0.3) is 0 Å². The van der Waals surface area contributed by atoms with Crippen LogP contribution in [-0.2, 0) is 0 Å². The number of nitrogens with zero attached hydrogens (tertiary/aromatic N) is 1. The highest BCUT2D eigenvalue weighted by Crippen LogP contribution is 2.22. The molecule has 1 aromatic carbocycles. The third-order valence-electron chi connectivity index (χ3n) is 4.42. The Morgan fingerprint density at radius 2 is 1.79 bits per heavy atom. The molecule has 19 heavy (non-hydrogen) atoms. The molecule has 1 aromatic rings. The van der Waals surface area contributed by atoms with Crippen molar-refractivity contribution in [2.24, 2.45) is 0 Å². The summed E-state index contributed by atoms with van der Waals surface area (Å²) in [7, 11) is 2.24. The van der Waals surface area contributed by atoms with Crippen LogP contribution in [-0.4, -0.2) is 31.1 Å². The van der Waals surface area contributed by atoms with Crippen LogP contribution in [0.15, 0.2) is 24.3 Å². The first-order chi connectivity index (χ1) is 9.08. The van der Waals surface area contributed by atoms with Crippen LogP contribution in [0.25, 0.3) is 0 Å². The summed E-state index contributed by atoms with van der Waals surface area (Å²) in [6.07, 6.45) is 2.65. The van der Waals surface area contributed by atoms with E-state index in [0.29, 0.717) is 18.0 Å². The first-order valence-corrected chi connectivity index (χ1v) is 7.61. The van der Waals surface area contributed by atoms with Crippen LogP contribution in [0, 0.1) is 0 Å². The predicted molar refractivity (Wildman–Crippen MR) is 82.6 cm³/mol. The first-order valence-electron chi connectivity index (χ1n) is 7.61. The molecule has 2 heteroatoms. The number of rotatable bonds is 5. The number of nitrogens with one attached hydrogen (secondary N) is 1. The van der Waals surface area contributed by atoms with Crippen molar-refractivity contribution in [3.8, 4) is 0 Å². The second-order valence-electron chi connectivity index (χ2n) is 6.23. The SMILES string of the molecule is CC(C)c1ccc(C(C)N(C)CC2CCCN2)cc1. The molecule has 0 bridgehead atoms. The summed E-state index contributed by atoms with van der Waals surface area (Å²) in [5.41, 5.74) is 2.85. The molecule has 0 spiro atoms. The number of hydrogen-bond acceptors (Lipinski definition) is 2. The zero-order valence-electron chi connectivity index (χ0n) is 12.8. The lowest BCUT2D eigenvalue weighted by Crippen LogP contribution is -2.36. The third kappa shape index (κ3) is 3.80. The van der Waals surface area contributed by atoms with Crippen molar-refractivity contribution < 1.29 is 0 Å². The Labute approximate surface area is 118 Å². The highest BCUT2D eigenvalue weighted by molar-refractivity contribution is 5.26. The van der Waals surface area contributed by atoms with E-state index in [1.807, 2.05) is 0 Å². The van der Waals surface area contributed by atoms with Gasteiger partial charge in [0.15, 0.2) is 0 Å². The standard InChI is InChI=1S/C17H28N2/c1-13(2)15-7-9-16(10-8-15)14(3)19(4)12-17-6-5-11-18-17/h7-10,13-14,17-18H,5-6,11-12H2,1-4H3.